The zero-order valence-corrected chi connectivity index (χ0v) is 16.5. The van der Waals surface area contributed by atoms with Crippen LogP contribution in [-0.2, 0) is 10.0 Å². The van der Waals surface area contributed by atoms with Crippen LogP contribution in [0.3, 0.4) is 0 Å². The molecule has 7 nitrogen and oxygen atoms in total. The summed E-state index contributed by atoms with van der Waals surface area (Å²) >= 11 is 0. The molecule has 1 aliphatic rings. The molecular formula is C19H26N3O4S+. The van der Waals surface area contributed by atoms with Crippen molar-refractivity contribution >= 4 is 15.9 Å². The van der Waals surface area contributed by atoms with Crippen LogP contribution < -0.4 is 10.2 Å². The lowest BCUT2D eigenvalue weighted by atomic mass is 10.1. The van der Waals surface area contributed by atoms with Gasteiger partial charge in [-0.05, 0) is 36.4 Å². The van der Waals surface area contributed by atoms with Gasteiger partial charge in [0.2, 0.25) is 10.0 Å². The number of carbonyl (C=O) groups is 1. The van der Waals surface area contributed by atoms with Crippen molar-refractivity contribution in [2.75, 3.05) is 33.7 Å². The Balaban J connectivity index is 1.67. The van der Waals surface area contributed by atoms with Gasteiger partial charge >= 0.3 is 0 Å². The number of rotatable bonds is 7. The van der Waals surface area contributed by atoms with Crippen molar-refractivity contribution in [3.8, 4) is 0 Å². The van der Waals surface area contributed by atoms with Crippen molar-refractivity contribution in [2.24, 2.45) is 0 Å². The van der Waals surface area contributed by atoms with E-state index in [1.165, 1.54) is 56.1 Å². The Kier molecular flexibility index (Phi) is 5.98. The Labute approximate surface area is 160 Å². The minimum atomic E-state index is -3.50. The van der Waals surface area contributed by atoms with E-state index in [0.29, 0.717) is 12.1 Å². The van der Waals surface area contributed by atoms with Crippen LogP contribution in [0.2, 0.25) is 0 Å². The van der Waals surface area contributed by atoms with Crippen LogP contribution in [0.25, 0.3) is 0 Å². The van der Waals surface area contributed by atoms with Crippen molar-refractivity contribution in [1.82, 2.24) is 9.62 Å². The Morgan fingerprint density at radius 2 is 1.85 bits per heavy atom. The molecule has 0 bridgehead atoms. The molecule has 1 aromatic carbocycles. The summed E-state index contributed by atoms with van der Waals surface area (Å²) in [5.74, 6) is 0.651. The van der Waals surface area contributed by atoms with Gasteiger partial charge in [0.15, 0.2) is 11.8 Å². The number of nitrogens with zero attached hydrogens (tertiary/aromatic N) is 1. The molecule has 1 aromatic heterocycles. The van der Waals surface area contributed by atoms with Gasteiger partial charge in [-0.3, -0.25) is 4.79 Å². The number of hydrogen-bond acceptors (Lipinski definition) is 4. The molecular weight excluding hydrogens is 366 g/mol. The molecule has 0 radical (unpaired) electrons. The third-order valence-electron chi connectivity index (χ3n) is 4.99. The summed E-state index contributed by atoms with van der Waals surface area (Å²) in [7, 11) is -0.545. The first-order valence-electron chi connectivity index (χ1n) is 9.08. The van der Waals surface area contributed by atoms with Gasteiger partial charge in [-0.25, -0.2) is 12.7 Å². The van der Waals surface area contributed by atoms with E-state index in [4.69, 9.17) is 4.42 Å². The maximum atomic E-state index is 12.5. The first-order valence-corrected chi connectivity index (χ1v) is 10.5. The second-order valence-electron chi connectivity index (χ2n) is 6.96. The van der Waals surface area contributed by atoms with Crippen LogP contribution in [0.5, 0.6) is 0 Å². The average molecular weight is 393 g/mol. The lowest BCUT2D eigenvalue weighted by Gasteiger charge is -2.23. The minimum absolute atomic E-state index is 0.0832. The number of sulfonamides is 1. The second-order valence-corrected chi connectivity index (χ2v) is 9.11. The Morgan fingerprint density at radius 3 is 2.41 bits per heavy atom. The van der Waals surface area contributed by atoms with Crippen molar-refractivity contribution in [3.05, 3.63) is 54.0 Å². The Hall–Kier alpha value is -2.16. The van der Waals surface area contributed by atoms with E-state index >= 15 is 0 Å². The Morgan fingerprint density at radius 1 is 1.19 bits per heavy atom. The number of nitrogens with one attached hydrogen (secondary N) is 2. The van der Waals surface area contributed by atoms with E-state index in [0.717, 1.165) is 23.2 Å². The molecule has 0 spiro atoms. The van der Waals surface area contributed by atoms with E-state index in [9.17, 15) is 13.2 Å². The molecule has 1 atom stereocenters. The van der Waals surface area contributed by atoms with E-state index in [1.54, 1.807) is 6.26 Å². The predicted molar refractivity (Wildman–Crippen MR) is 101 cm³/mol. The highest BCUT2D eigenvalue weighted by Crippen LogP contribution is 2.15. The summed E-state index contributed by atoms with van der Waals surface area (Å²) in [5.41, 5.74) is 0.433. The number of carbonyl (C=O) groups excluding carboxylic acids is 1. The van der Waals surface area contributed by atoms with Gasteiger partial charge in [-0.15, -0.1) is 0 Å². The van der Waals surface area contributed by atoms with Gasteiger partial charge < -0.3 is 14.6 Å². The van der Waals surface area contributed by atoms with Gasteiger partial charge in [-0.2, -0.15) is 0 Å². The van der Waals surface area contributed by atoms with Crippen LogP contribution in [0.4, 0.5) is 0 Å². The number of likely N-dealkylation sites (tertiary alicyclic amines) is 1. The maximum Gasteiger partial charge on any atom is 0.251 e. The maximum absolute atomic E-state index is 12.5. The number of furan rings is 1. The fourth-order valence-corrected chi connectivity index (χ4v) is 4.30. The number of quaternary nitrogens is 1. The topological polar surface area (TPSA) is 84.1 Å². The zero-order chi connectivity index (χ0) is 19.4. The summed E-state index contributed by atoms with van der Waals surface area (Å²) in [6.45, 7) is 2.61. The van der Waals surface area contributed by atoms with E-state index in [2.05, 4.69) is 5.32 Å². The summed E-state index contributed by atoms with van der Waals surface area (Å²) in [6.07, 6.45) is 4.02. The molecule has 8 heteroatoms. The van der Waals surface area contributed by atoms with Crippen molar-refractivity contribution in [1.29, 1.82) is 0 Å². The molecule has 146 valence electrons. The lowest BCUT2D eigenvalue weighted by molar-refractivity contribution is -0.919. The average Bonchev–Trinajstić information content (AvgIpc) is 3.36. The van der Waals surface area contributed by atoms with Gasteiger partial charge in [0.25, 0.3) is 5.91 Å². The minimum Gasteiger partial charge on any atom is -0.463 e. The zero-order valence-electron chi connectivity index (χ0n) is 15.6. The van der Waals surface area contributed by atoms with Gasteiger partial charge in [0, 0.05) is 32.5 Å². The van der Waals surface area contributed by atoms with Gasteiger partial charge in [0.1, 0.15) is 0 Å². The van der Waals surface area contributed by atoms with Crippen molar-refractivity contribution in [3.63, 3.8) is 0 Å². The van der Waals surface area contributed by atoms with Crippen molar-refractivity contribution < 1.29 is 22.5 Å². The number of hydrogen-bond donors (Lipinski definition) is 2. The predicted octanol–water partition coefficient (Wildman–Crippen LogP) is 0.680. The lowest BCUT2D eigenvalue weighted by Crippen LogP contribution is -3.11. The smallest absolute Gasteiger partial charge is 0.251 e. The van der Waals surface area contributed by atoms with Crippen LogP contribution in [0, 0.1) is 0 Å². The molecule has 0 aliphatic carbocycles. The summed E-state index contributed by atoms with van der Waals surface area (Å²) in [4.78, 5) is 14.1. The largest absolute Gasteiger partial charge is 0.463 e. The first kappa shape index (κ1) is 19.6. The molecule has 2 aromatic rings. The van der Waals surface area contributed by atoms with E-state index in [1.807, 2.05) is 12.1 Å². The van der Waals surface area contributed by atoms with E-state index in [-0.39, 0.29) is 16.8 Å². The molecule has 27 heavy (non-hydrogen) atoms. The third kappa shape index (κ3) is 4.40. The summed E-state index contributed by atoms with van der Waals surface area (Å²) in [5, 5.41) is 2.97. The molecule has 0 saturated carbocycles. The van der Waals surface area contributed by atoms with Crippen molar-refractivity contribution in [2.45, 2.75) is 23.8 Å². The highest BCUT2D eigenvalue weighted by molar-refractivity contribution is 7.89. The molecule has 1 aliphatic heterocycles. The quantitative estimate of drug-likeness (QED) is 0.726. The number of amides is 1. The summed E-state index contributed by atoms with van der Waals surface area (Å²) < 4.78 is 31.0. The normalized spacial score (nSPS) is 16.6. The monoisotopic (exact) mass is 392 g/mol. The Bertz CT molecular complexity index is 855. The molecule has 1 amide bonds. The molecule has 2 N–H and O–H groups in total. The molecule has 3 rings (SSSR count). The fraction of sp³-hybridized carbons (Fsp3) is 0.421. The molecule has 2 heterocycles. The third-order valence-corrected chi connectivity index (χ3v) is 6.82. The summed E-state index contributed by atoms with van der Waals surface area (Å²) in [6, 6.07) is 9.89. The van der Waals surface area contributed by atoms with E-state index < -0.39 is 10.0 Å². The fourth-order valence-electron chi connectivity index (χ4n) is 3.40. The standard InChI is InChI=1S/C19H25N3O4S/c1-21(2)27(24,25)16-9-7-15(8-10-16)19(23)20-14-17(18-6-5-13-26-18)22-11-3-4-12-22/h5-10,13,17H,3-4,11-12,14H2,1-2H3,(H,20,23)/p+1/t17-/m1/s1. The van der Waals surface area contributed by atoms with Crippen LogP contribution in [0.1, 0.15) is 35.0 Å². The van der Waals surface area contributed by atoms with Gasteiger partial charge in [0.05, 0.1) is 30.8 Å². The molecule has 1 fully saturated rings. The van der Waals surface area contributed by atoms with Gasteiger partial charge in [-0.1, -0.05) is 0 Å². The highest BCUT2D eigenvalue weighted by atomic mass is 32.2. The van der Waals surface area contributed by atoms with Crippen LogP contribution in [-0.4, -0.2) is 52.4 Å². The van der Waals surface area contributed by atoms with Crippen LogP contribution in [0.15, 0.2) is 52.0 Å². The highest BCUT2D eigenvalue weighted by Gasteiger charge is 2.30. The molecule has 1 saturated heterocycles. The molecule has 0 unspecified atom stereocenters. The SMILES string of the molecule is CN(C)S(=O)(=O)c1ccc(C(=O)NC[C@H](c2ccco2)[NH+]2CCCC2)cc1. The second kappa shape index (κ2) is 8.24. The first-order chi connectivity index (χ1) is 12.9. The number of benzene rings is 1. The van der Waals surface area contributed by atoms with Crippen LogP contribution >= 0.6 is 0 Å².